The van der Waals surface area contributed by atoms with Crippen LogP contribution in [0.25, 0.3) is 0 Å². The van der Waals surface area contributed by atoms with Crippen LogP contribution in [0.15, 0.2) is 0 Å². The number of rotatable bonds is 2. The molecule has 0 unspecified atom stereocenters. The Bertz CT molecular complexity index is 487. The molecule has 2 nitrogen and oxygen atoms in total. The van der Waals surface area contributed by atoms with Gasteiger partial charge in [0.1, 0.15) is 11.0 Å². The van der Waals surface area contributed by atoms with Crippen molar-refractivity contribution >= 4 is 34.2 Å². The summed E-state index contributed by atoms with van der Waals surface area (Å²) in [7, 11) is 0. The zero-order valence-electron chi connectivity index (χ0n) is 11.5. The van der Waals surface area contributed by atoms with Gasteiger partial charge in [-0.1, -0.05) is 25.4 Å². The molecule has 104 valence electrons. The van der Waals surface area contributed by atoms with Crippen molar-refractivity contribution in [2.75, 3.05) is 0 Å². The van der Waals surface area contributed by atoms with E-state index < -0.39 is 0 Å². The molecule has 2 fully saturated rings. The van der Waals surface area contributed by atoms with Gasteiger partial charge in [0.2, 0.25) is 0 Å². The van der Waals surface area contributed by atoms with Gasteiger partial charge in [0.15, 0.2) is 0 Å². The highest BCUT2D eigenvalue weighted by atomic mass is 127. The number of hydrogen-bond acceptors (Lipinski definition) is 2. The van der Waals surface area contributed by atoms with Crippen molar-refractivity contribution in [3.8, 4) is 0 Å². The first-order chi connectivity index (χ1) is 8.96. The van der Waals surface area contributed by atoms with Gasteiger partial charge in [-0.2, -0.15) is 0 Å². The summed E-state index contributed by atoms with van der Waals surface area (Å²) in [6.07, 6.45) is 7.47. The van der Waals surface area contributed by atoms with Crippen LogP contribution < -0.4 is 0 Å². The monoisotopic (exact) mass is 390 g/mol. The van der Waals surface area contributed by atoms with Crippen LogP contribution in [0, 0.1) is 8.99 Å². The van der Waals surface area contributed by atoms with Crippen molar-refractivity contribution in [1.29, 1.82) is 0 Å². The van der Waals surface area contributed by atoms with Crippen LogP contribution >= 0.6 is 34.2 Å². The molecule has 1 aromatic rings. The van der Waals surface area contributed by atoms with Gasteiger partial charge in [-0.25, -0.2) is 9.97 Å². The normalized spacial score (nSPS) is 23.6. The molecule has 2 aliphatic carbocycles. The Kier molecular flexibility index (Phi) is 3.80. The first-order valence-corrected chi connectivity index (χ1v) is 8.65. The number of hydrogen-bond donors (Lipinski definition) is 0. The highest BCUT2D eigenvalue weighted by molar-refractivity contribution is 14.1. The lowest BCUT2D eigenvalue weighted by molar-refractivity contribution is 0.220. The summed E-state index contributed by atoms with van der Waals surface area (Å²) in [6, 6.07) is 0. The molecule has 4 heteroatoms. The van der Waals surface area contributed by atoms with E-state index in [0.717, 1.165) is 9.39 Å². The van der Waals surface area contributed by atoms with E-state index in [0.29, 0.717) is 22.4 Å². The van der Waals surface area contributed by atoms with E-state index in [4.69, 9.17) is 16.6 Å². The number of nitrogens with zero attached hydrogens (tertiary/aromatic N) is 2. The van der Waals surface area contributed by atoms with Gasteiger partial charge in [0, 0.05) is 11.8 Å². The zero-order valence-corrected chi connectivity index (χ0v) is 14.5. The second-order valence-corrected chi connectivity index (χ2v) is 8.22. The van der Waals surface area contributed by atoms with Crippen LogP contribution in [-0.2, 0) is 0 Å². The minimum absolute atomic E-state index is 0.489. The van der Waals surface area contributed by atoms with Crippen molar-refractivity contribution in [1.82, 2.24) is 9.97 Å². The lowest BCUT2D eigenvalue weighted by atomic mass is 9.73. The van der Waals surface area contributed by atoms with Crippen molar-refractivity contribution in [3.63, 3.8) is 0 Å². The topological polar surface area (TPSA) is 25.8 Å². The lowest BCUT2D eigenvalue weighted by Crippen LogP contribution is -2.21. The quantitative estimate of drug-likeness (QED) is 0.506. The Morgan fingerprint density at radius 1 is 1.05 bits per heavy atom. The lowest BCUT2D eigenvalue weighted by Gasteiger charge is -2.33. The largest absolute Gasteiger partial charge is 0.236 e. The smallest absolute Gasteiger partial charge is 0.146 e. The van der Waals surface area contributed by atoms with E-state index >= 15 is 0 Å². The highest BCUT2D eigenvalue weighted by Crippen LogP contribution is 2.45. The summed E-state index contributed by atoms with van der Waals surface area (Å²) in [4.78, 5) is 9.43. The summed E-state index contributed by atoms with van der Waals surface area (Å²) < 4.78 is 1.07. The first kappa shape index (κ1) is 14.1. The molecule has 0 amide bonds. The predicted molar refractivity (Wildman–Crippen MR) is 86.7 cm³/mol. The predicted octanol–water partition coefficient (Wildman–Crippen LogP) is 5.30. The van der Waals surface area contributed by atoms with Crippen LogP contribution in [0.3, 0.4) is 0 Å². The molecule has 0 bridgehead atoms. The standard InChI is InChI=1S/C15H20ClIN2/c1-15(2)7-5-10(6-8-15)14-18-12(9-3-4-9)11(17)13(16)19-14/h9-10H,3-8H2,1-2H3. The molecule has 0 aromatic carbocycles. The molecule has 19 heavy (non-hydrogen) atoms. The van der Waals surface area contributed by atoms with Gasteiger partial charge >= 0.3 is 0 Å². The molecule has 3 rings (SSSR count). The average Bonchev–Trinajstić information content (AvgIpc) is 3.17. The molecule has 0 saturated heterocycles. The third-order valence-corrected chi connectivity index (χ3v) is 6.18. The average molecular weight is 391 g/mol. The summed E-state index contributed by atoms with van der Waals surface area (Å²) >= 11 is 8.60. The van der Waals surface area contributed by atoms with E-state index in [1.807, 2.05) is 0 Å². The van der Waals surface area contributed by atoms with Crippen LogP contribution in [0.4, 0.5) is 0 Å². The van der Waals surface area contributed by atoms with Crippen molar-refractivity contribution in [2.45, 2.75) is 64.2 Å². The Hall–Kier alpha value is 0.1000. The second-order valence-electron chi connectivity index (χ2n) is 6.78. The molecule has 0 spiro atoms. The molecular weight excluding hydrogens is 371 g/mol. The fraction of sp³-hybridized carbons (Fsp3) is 0.733. The van der Waals surface area contributed by atoms with Gasteiger partial charge in [-0.3, -0.25) is 0 Å². The minimum atomic E-state index is 0.489. The Balaban J connectivity index is 1.85. The molecule has 0 radical (unpaired) electrons. The number of halogens is 2. The van der Waals surface area contributed by atoms with E-state index in [2.05, 4.69) is 41.4 Å². The summed E-state index contributed by atoms with van der Waals surface area (Å²) in [5, 5.41) is 0.664. The Morgan fingerprint density at radius 3 is 2.26 bits per heavy atom. The van der Waals surface area contributed by atoms with Gasteiger partial charge in [-0.15, -0.1) is 0 Å². The van der Waals surface area contributed by atoms with Gasteiger partial charge in [-0.05, 0) is 66.5 Å². The van der Waals surface area contributed by atoms with Crippen molar-refractivity contribution in [2.24, 2.45) is 5.41 Å². The molecule has 0 atom stereocenters. The van der Waals surface area contributed by atoms with Gasteiger partial charge < -0.3 is 0 Å². The van der Waals surface area contributed by atoms with E-state index in [-0.39, 0.29) is 0 Å². The second kappa shape index (κ2) is 5.14. The molecule has 2 aliphatic rings. The molecule has 0 aliphatic heterocycles. The van der Waals surface area contributed by atoms with E-state index in [1.165, 1.54) is 44.2 Å². The van der Waals surface area contributed by atoms with Crippen molar-refractivity contribution in [3.05, 3.63) is 20.2 Å². The van der Waals surface area contributed by atoms with Crippen LogP contribution in [-0.4, -0.2) is 9.97 Å². The highest BCUT2D eigenvalue weighted by Gasteiger charge is 2.32. The fourth-order valence-corrected chi connectivity index (χ4v) is 3.79. The molecule has 2 saturated carbocycles. The zero-order chi connectivity index (χ0) is 13.6. The van der Waals surface area contributed by atoms with E-state index in [1.54, 1.807) is 0 Å². The fourth-order valence-electron chi connectivity index (χ4n) is 2.92. The molecule has 1 heterocycles. The maximum atomic E-state index is 6.31. The minimum Gasteiger partial charge on any atom is -0.236 e. The Labute approximate surface area is 133 Å². The summed E-state index contributed by atoms with van der Waals surface area (Å²) in [5.74, 6) is 2.16. The van der Waals surface area contributed by atoms with Gasteiger partial charge in [0.05, 0.1) is 9.26 Å². The SMILES string of the molecule is CC1(C)CCC(c2nc(Cl)c(I)c(C3CC3)n2)CC1. The summed E-state index contributed by atoms with van der Waals surface area (Å²) in [6.45, 7) is 4.72. The third-order valence-electron chi connectivity index (χ3n) is 4.52. The molecule has 0 N–H and O–H groups in total. The van der Waals surface area contributed by atoms with Crippen molar-refractivity contribution < 1.29 is 0 Å². The van der Waals surface area contributed by atoms with E-state index in [9.17, 15) is 0 Å². The number of aromatic nitrogens is 2. The van der Waals surface area contributed by atoms with Crippen LogP contribution in [0.2, 0.25) is 5.15 Å². The molecule has 1 aromatic heterocycles. The maximum Gasteiger partial charge on any atom is 0.146 e. The summed E-state index contributed by atoms with van der Waals surface area (Å²) in [5.41, 5.74) is 1.70. The van der Waals surface area contributed by atoms with Crippen LogP contribution in [0.1, 0.15) is 75.7 Å². The third kappa shape index (κ3) is 3.07. The van der Waals surface area contributed by atoms with Crippen LogP contribution in [0.5, 0.6) is 0 Å². The first-order valence-electron chi connectivity index (χ1n) is 7.19. The Morgan fingerprint density at radius 2 is 1.68 bits per heavy atom. The van der Waals surface area contributed by atoms with Gasteiger partial charge in [0.25, 0.3) is 0 Å². The molecular formula is C15H20ClIN2. The maximum absolute atomic E-state index is 6.31.